The molecule has 0 radical (unpaired) electrons. The average molecular weight is 550 g/mol. The van der Waals surface area contributed by atoms with Crippen LogP contribution in [0.15, 0.2) is 48.5 Å². The number of halogens is 1. The van der Waals surface area contributed by atoms with Crippen molar-refractivity contribution < 1.29 is 22.7 Å². The minimum Gasteiger partial charge on any atom is -0.495 e. The molecule has 8 nitrogen and oxygen atoms in total. The van der Waals surface area contributed by atoms with E-state index in [9.17, 15) is 18.0 Å². The molecule has 1 saturated carbocycles. The summed E-state index contributed by atoms with van der Waals surface area (Å²) in [6.45, 7) is 1.51. The number of ether oxygens (including phenoxy) is 1. The van der Waals surface area contributed by atoms with Crippen molar-refractivity contribution in [2.24, 2.45) is 0 Å². The molecule has 0 saturated heterocycles. The lowest BCUT2D eigenvalue weighted by Gasteiger charge is -2.34. The molecule has 0 heterocycles. The molecule has 1 unspecified atom stereocenters. The van der Waals surface area contributed by atoms with E-state index in [1.165, 1.54) is 18.1 Å². The number of rotatable bonds is 11. The molecule has 1 N–H and O–H groups in total. The van der Waals surface area contributed by atoms with Crippen LogP contribution in [0.4, 0.5) is 5.69 Å². The number of anilines is 1. The molecular weight excluding hydrogens is 514 g/mol. The molecule has 2 aromatic rings. The number of hydrogen-bond donors (Lipinski definition) is 1. The summed E-state index contributed by atoms with van der Waals surface area (Å²) >= 11 is 6.16. The van der Waals surface area contributed by atoms with Crippen LogP contribution < -0.4 is 14.4 Å². The number of carbonyl (C=O) groups excluding carboxylic acids is 2. The third-order valence-electron chi connectivity index (χ3n) is 6.62. The van der Waals surface area contributed by atoms with Crippen LogP contribution >= 0.6 is 11.6 Å². The quantitative estimate of drug-likeness (QED) is 0.449. The topological polar surface area (TPSA) is 96.0 Å². The molecule has 0 bridgehead atoms. The van der Waals surface area contributed by atoms with E-state index in [0.29, 0.717) is 11.4 Å². The summed E-state index contributed by atoms with van der Waals surface area (Å²) in [6, 6.07) is 13.3. The Labute approximate surface area is 225 Å². The fourth-order valence-electron chi connectivity index (χ4n) is 4.70. The fourth-order valence-corrected chi connectivity index (χ4v) is 5.71. The normalized spacial score (nSPS) is 15.0. The van der Waals surface area contributed by atoms with E-state index in [4.69, 9.17) is 16.3 Å². The second kappa shape index (κ2) is 13.1. The number of hydrogen-bond acceptors (Lipinski definition) is 5. The standard InChI is InChI=1S/C27H36ClN3O5S/c1-4-23(27(33)29-22-13-9-6-10-14-22)30(18-20-11-7-5-8-12-20)26(32)19-31(37(3,34)35)24-17-21(28)15-16-25(24)36-2/h5,7-8,11-12,15-17,22-23H,4,6,9-10,13-14,18-19H2,1-3H3,(H,29,33). The van der Waals surface area contributed by atoms with Crippen molar-refractivity contribution in [2.75, 3.05) is 24.2 Å². The molecule has 3 rings (SSSR count). The van der Waals surface area contributed by atoms with Crippen LogP contribution in [0.5, 0.6) is 5.75 Å². The summed E-state index contributed by atoms with van der Waals surface area (Å²) in [6.07, 6.45) is 6.55. The van der Waals surface area contributed by atoms with Crippen molar-refractivity contribution in [1.29, 1.82) is 0 Å². The number of nitrogens with one attached hydrogen (secondary N) is 1. The maximum Gasteiger partial charge on any atom is 0.244 e. The molecule has 0 aliphatic heterocycles. The maximum atomic E-state index is 13.8. The highest BCUT2D eigenvalue weighted by molar-refractivity contribution is 7.92. The Bertz CT molecular complexity index is 1170. The Balaban J connectivity index is 1.94. The van der Waals surface area contributed by atoms with Crippen LogP contribution in [0.2, 0.25) is 5.02 Å². The maximum absolute atomic E-state index is 13.8. The summed E-state index contributed by atoms with van der Waals surface area (Å²) in [5.41, 5.74) is 0.997. The van der Waals surface area contributed by atoms with Crippen molar-refractivity contribution in [1.82, 2.24) is 10.2 Å². The van der Waals surface area contributed by atoms with Crippen LogP contribution in [0.25, 0.3) is 0 Å². The molecule has 10 heteroatoms. The zero-order valence-electron chi connectivity index (χ0n) is 21.7. The first kappa shape index (κ1) is 28.8. The van der Waals surface area contributed by atoms with Gasteiger partial charge in [0.25, 0.3) is 0 Å². The smallest absolute Gasteiger partial charge is 0.244 e. The van der Waals surface area contributed by atoms with Gasteiger partial charge in [0.1, 0.15) is 18.3 Å². The lowest BCUT2D eigenvalue weighted by Crippen LogP contribution is -2.54. The minimum atomic E-state index is -3.90. The molecule has 1 atom stereocenters. The minimum absolute atomic E-state index is 0.0900. The van der Waals surface area contributed by atoms with Gasteiger partial charge in [0.2, 0.25) is 21.8 Å². The number of amides is 2. The van der Waals surface area contributed by atoms with E-state index in [0.717, 1.165) is 48.2 Å². The highest BCUT2D eigenvalue weighted by Crippen LogP contribution is 2.33. The Kier molecular flexibility index (Phi) is 10.2. The first-order chi connectivity index (χ1) is 17.6. The molecule has 1 fully saturated rings. The van der Waals surface area contributed by atoms with Gasteiger partial charge in [-0.3, -0.25) is 13.9 Å². The van der Waals surface area contributed by atoms with Crippen LogP contribution in [-0.2, 0) is 26.2 Å². The summed E-state index contributed by atoms with van der Waals surface area (Å²) in [5.74, 6) is -0.453. The van der Waals surface area contributed by atoms with Gasteiger partial charge in [-0.05, 0) is 43.0 Å². The lowest BCUT2D eigenvalue weighted by molar-refractivity contribution is -0.140. The lowest BCUT2D eigenvalue weighted by atomic mass is 9.95. The zero-order chi connectivity index (χ0) is 27.0. The van der Waals surface area contributed by atoms with E-state index in [-0.39, 0.29) is 29.9 Å². The molecule has 1 aliphatic rings. The third-order valence-corrected chi connectivity index (χ3v) is 7.98. The zero-order valence-corrected chi connectivity index (χ0v) is 23.2. The SMILES string of the molecule is CCC(C(=O)NC1CCCCC1)N(Cc1ccccc1)C(=O)CN(c1cc(Cl)ccc1OC)S(C)(=O)=O. The molecule has 0 spiro atoms. The monoisotopic (exact) mass is 549 g/mol. The molecule has 37 heavy (non-hydrogen) atoms. The number of methoxy groups -OCH3 is 1. The molecule has 202 valence electrons. The number of sulfonamides is 1. The van der Waals surface area contributed by atoms with E-state index >= 15 is 0 Å². The molecule has 2 amide bonds. The first-order valence-electron chi connectivity index (χ1n) is 12.6. The van der Waals surface area contributed by atoms with E-state index in [1.54, 1.807) is 12.1 Å². The highest BCUT2D eigenvalue weighted by Gasteiger charge is 2.33. The van der Waals surface area contributed by atoms with Gasteiger partial charge in [-0.25, -0.2) is 8.42 Å². The van der Waals surface area contributed by atoms with Crippen LogP contribution in [0.1, 0.15) is 51.0 Å². The summed E-state index contributed by atoms with van der Waals surface area (Å²) in [7, 11) is -2.48. The number of benzene rings is 2. The number of carbonyl (C=O) groups is 2. The Morgan fingerprint density at radius 1 is 1.11 bits per heavy atom. The van der Waals surface area contributed by atoms with Gasteiger partial charge in [0.15, 0.2) is 0 Å². The van der Waals surface area contributed by atoms with Crippen molar-refractivity contribution in [3.8, 4) is 5.75 Å². The van der Waals surface area contributed by atoms with E-state index < -0.39 is 28.5 Å². The van der Waals surface area contributed by atoms with Crippen molar-refractivity contribution >= 4 is 39.1 Å². The summed E-state index contributed by atoms with van der Waals surface area (Å²) < 4.78 is 32.0. The molecule has 2 aromatic carbocycles. The van der Waals surface area contributed by atoms with Crippen LogP contribution in [0, 0.1) is 0 Å². The van der Waals surface area contributed by atoms with Crippen molar-refractivity contribution in [3.05, 3.63) is 59.1 Å². The van der Waals surface area contributed by atoms with Gasteiger partial charge in [0.05, 0.1) is 19.1 Å². The predicted octanol–water partition coefficient (Wildman–Crippen LogP) is 4.37. The number of nitrogens with zero attached hydrogens (tertiary/aromatic N) is 2. The average Bonchev–Trinajstić information content (AvgIpc) is 2.87. The second-order valence-electron chi connectivity index (χ2n) is 9.36. The van der Waals surface area contributed by atoms with Gasteiger partial charge in [-0.1, -0.05) is 68.1 Å². The molecular formula is C27H36ClN3O5S. The summed E-state index contributed by atoms with van der Waals surface area (Å²) in [5, 5.41) is 3.43. The second-order valence-corrected chi connectivity index (χ2v) is 11.7. The Hall–Kier alpha value is -2.78. The van der Waals surface area contributed by atoms with Gasteiger partial charge in [-0.15, -0.1) is 0 Å². The third kappa shape index (κ3) is 7.85. The predicted molar refractivity (Wildman–Crippen MR) is 146 cm³/mol. The van der Waals surface area contributed by atoms with E-state index in [2.05, 4.69) is 5.32 Å². The van der Waals surface area contributed by atoms with Gasteiger partial charge < -0.3 is 15.0 Å². The highest BCUT2D eigenvalue weighted by atomic mass is 35.5. The fraction of sp³-hybridized carbons (Fsp3) is 0.481. The molecule has 1 aliphatic carbocycles. The van der Waals surface area contributed by atoms with Gasteiger partial charge in [-0.2, -0.15) is 0 Å². The van der Waals surface area contributed by atoms with Crippen LogP contribution in [-0.4, -0.2) is 57.1 Å². The van der Waals surface area contributed by atoms with Crippen LogP contribution in [0.3, 0.4) is 0 Å². The van der Waals surface area contributed by atoms with Gasteiger partial charge >= 0.3 is 0 Å². The van der Waals surface area contributed by atoms with Gasteiger partial charge in [0, 0.05) is 17.6 Å². The first-order valence-corrected chi connectivity index (χ1v) is 14.8. The van der Waals surface area contributed by atoms with E-state index in [1.807, 2.05) is 37.3 Å². The Morgan fingerprint density at radius 2 is 1.78 bits per heavy atom. The van der Waals surface area contributed by atoms with Crippen molar-refractivity contribution in [2.45, 2.75) is 64.1 Å². The van der Waals surface area contributed by atoms with Crippen molar-refractivity contribution in [3.63, 3.8) is 0 Å². The summed E-state index contributed by atoms with van der Waals surface area (Å²) in [4.78, 5) is 28.7. The molecule has 0 aromatic heterocycles. The largest absolute Gasteiger partial charge is 0.495 e. The Morgan fingerprint density at radius 3 is 2.38 bits per heavy atom.